The minimum atomic E-state index is -3.72. The van der Waals surface area contributed by atoms with Gasteiger partial charge in [0.05, 0.1) is 10.8 Å². The molecule has 1 saturated carbocycles. The summed E-state index contributed by atoms with van der Waals surface area (Å²) in [5.74, 6) is -0.999. The van der Waals surface area contributed by atoms with Crippen LogP contribution in [-0.4, -0.2) is 38.8 Å². The molecule has 1 aromatic rings. The number of hydrogen-bond acceptors (Lipinski definition) is 4. The van der Waals surface area contributed by atoms with Gasteiger partial charge < -0.3 is 9.84 Å². The molecule has 2 rings (SSSR count). The Morgan fingerprint density at radius 2 is 2.00 bits per heavy atom. The van der Waals surface area contributed by atoms with Gasteiger partial charge in [0, 0.05) is 6.04 Å². The van der Waals surface area contributed by atoms with Crippen LogP contribution < -0.4 is 9.46 Å². The third-order valence-corrected chi connectivity index (χ3v) is 5.36. The number of carbonyl (C=O) groups is 1. The Morgan fingerprint density at radius 3 is 2.61 bits per heavy atom. The Balaban J connectivity index is 2.02. The highest BCUT2D eigenvalue weighted by Crippen LogP contribution is 2.26. The number of halogens is 1. The number of hydrogen-bond donors (Lipinski definition) is 2. The van der Waals surface area contributed by atoms with Gasteiger partial charge in [0.25, 0.3) is 0 Å². The quantitative estimate of drug-likeness (QED) is 0.788. The highest BCUT2D eigenvalue weighted by molar-refractivity contribution is 7.89. The van der Waals surface area contributed by atoms with E-state index in [-0.39, 0.29) is 17.5 Å². The second kappa shape index (κ2) is 7.74. The second-order valence-electron chi connectivity index (χ2n) is 5.53. The van der Waals surface area contributed by atoms with Crippen molar-refractivity contribution in [3.05, 3.63) is 24.3 Å². The van der Waals surface area contributed by atoms with E-state index in [4.69, 9.17) is 9.84 Å². The van der Waals surface area contributed by atoms with Crippen molar-refractivity contribution in [1.82, 2.24) is 4.72 Å². The number of ether oxygens (including phenoxy) is 1. The number of carboxylic acid groups (broad SMARTS) is 1. The van der Waals surface area contributed by atoms with Gasteiger partial charge in [-0.05, 0) is 43.5 Å². The van der Waals surface area contributed by atoms with Crippen LogP contribution in [-0.2, 0) is 14.8 Å². The minimum absolute atomic E-state index is 0.0718. The maximum absolute atomic E-state index is 12.3. The first kappa shape index (κ1) is 17.7. The van der Waals surface area contributed by atoms with E-state index >= 15 is 0 Å². The van der Waals surface area contributed by atoms with Crippen LogP contribution in [0.1, 0.15) is 25.7 Å². The lowest BCUT2D eigenvalue weighted by molar-refractivity contribution is -0.143. The van der Waals surface area contributed by atoms with Crippen LogP contribution in [0.4, 0.5) is 4.39 Å². The van der Waals surface area contributed by atoms with Gasteiger partial charge in [-0.15, -0.1) is 0 Å². The van der Waals surface area contributed by atoms with Crippen LogP contribution in [0, 0.1) is 5.92 Å². The van der Waals surface area contributed by atoms with Gasteiger partial charge in [-0.1, -0.05) is 6.42 Å². The Bertz CT molecular complexity index is 632. The summed E-state index contributed by atoms with van der Waals surface area (Å²) in [5.41, 5.74) is 0. The predicted molar refractivity (Wildman–Crippen MR) is 81.6 cm³/mol. The number of benzene rings is 1. The Hall–Kier alpha value is -1.67. The largest absolute Gasteiger partial charge is 0.491 e. The van der Waals surface area contributed by atoms with Crippen molar-refractivity contribution in [3.63, 3.8) is 0 Å². The van der Waals surface area contributed by atoms with Gasteiger partial charge >= 0.3 is 5.97 Å². The maximum Gasteiger partial charge on any atom is 0.306 e. The third kappa shape index (κ3) is 4.90. The molecular formula is C15H20FNO5S. The van der Waals surface area contributed by atoms with Crippen LogP contribution in [0.15, 0.2) is 29.2 Å². The molecule has 1 aromatic carbocycles. The summed E-state index contributed by atoms with van der Waals surface area (Å²) in [4.78, 5) is 11.1. The van der Waals surface area contributed by atoms with Crippen LogP contribution in [0.5, 0.6) is 5.75 Å². The zero-order valence-electron chi connectivity index (χ0n) is 12.6. The Morgan fingerprint density at radius 1 is 1.30 bits per heavy atom. The predicted octanol–water partition coefficient (Wildman–Crippen LogP) is 1.96. The van der Waals surface area contributed by atoms with Crippen molar-refractivity contribution in [2.24, 2.45) is 5.92 Å². The highest BCUT2D eigenvalue weighted by Gasteiger charge is 2.29. The summed E-state index contributed by atoms with van der Waals surface area (Å²) in [6, 6.07) is 5.31. The summed E-state index contributed by atoms with van der Waals surface area (Å²) in [6.07, 6.45) is 2.18. The number of carboxylic acids is 1. The molecule has 1 aliphatic rings. The van der Waals surface area contributed by atoms with E-state index in [0.717, 1.165) is 0 Å². The van der Waals surface area contributed by atoms with Gasteiger partial charge in [0.15, 0.2) is 0 Å². The van der Waals surface area contributed by atoms with E-state index in [1.165, 1.54) is 24.3 Å². The molecule has 0 amide bonds. The molecule has 6 nitrogen and oxygen atoms in total. The maximum atomic E-state index is 12.3. The first-order chi connectivity index (χ1) is 10.9. The monoisotopic (exact) mass is 345 g/mol. The van der Waals surface area contributed by atoms with E-state index in [0.29, 0.717) is 31.4 Å². The van der Waals surface area contributed by atoms with E-state index in [1.807, 2.05) is 0 Å². The molecule has 23 heavy (non-hydrogen) atoms. The van der Waals surface area contributed by atoms with Crippen LogP contribution in [0.3, 0.4) is 0 Å². The smallest absolute Gasteiger partial charge is 0.306 e. The lowest BCUT2D eigenvalue weighted by atomic mass is 9.86. The van der Waals surface area contributed by atoms with Gasteiger partial charge in [0.1, 0.15) is 19.0 Å². The van der Waals surface area contributed by atoms with Crippen molar-refractivity contribution >= 4 is 16.0 Å². The highest BCUT2D eigenvalue weighted by atomic mass is 32.2. The summed E-state index contributed by atoms with van der Waals surface area (Å²) < 4.78 is 44.3. The lowest BCUT2D eigenvalue weighted by Gasteiger charge is -2.27. The molecule has 0 aromatic heterocycles. The number of sulfonamides is 1. The van der Waals surface area contributed by atoms with E-state index in [2.05, 4.69) is 4.72 Å². The molecule has 128 valence electrons. The molecule has 2 atom stereocenters. The SMILES string of the molecule is O=C(O)[C@@H]1CCC[C@H](NS(=O)(=O)c2ccc(OCCF)cc2)C1. The van der Waals surface area contributed by atoms with Crippen molar-refractivity contribution < 1.29 is 27.4 Å². The van der Waals surface area contributed by atoms with Gasteiger partial charge in [-0.25, -0.2) is 17.5 Å². The molecule has 1 fully saturated rings. The Kier molecular flexibility index (Phi) is 5.95. The summed E-state index contributed by atoms with van der Waals surface area (Å²) in [6.45, 7) is -0.697. The number of rotatable bonds is 7. The minimum Gasteiger partial charge on any atom is -0.491 e. The molecule has 0 saturated heterocycles. The molecule has 0 bridgehead atoms. The molecule has 2 N–H and O–H groups in total. The number of aliphatic carboxylic acids is 1. The van der Waals surface area contributed by atoms with Crippen LogP contribution >= 0.6 is 0 Å². The zero-order chi connectivity index (χ0) is 16.9. The molecular weight excluding hydrogens is 325 g/mol. The van der Waals surface area contributed by atoms with Crippen molar-refractivity contribution in [1.29, 1.82) is 0 Å². The van der Waals surface area contributed by atoms with Gasteiger partial charge in [-0.2, -0.15) is 0 Å². The fourth-order valence-electron chi connectivity index (χ4n) is 2.68. The van der Waals surface area contributed by atoms with Gasteiger partial charge in [-0.3, -0.25) is 4.79 Å². The van der Waals surface area contributed by atoms with Crippen molar-refractivity contribution in [3.8, 4) is 5.75 Å². The number of nitrogens with one attached hydrogen (secondary N) is 1. The zero-order valence-corrected chi connectivity index (χ0v) is 13.4. The fraction of sp³-hybridized carbons (Fsp3) is 0.533. The third-order valence-electron chi connectivity index (χ3n) is 3.83. The van der Waals surface area contributed by atoms with E-state index in [9.17, 15) is 17.6 Å². The molecule has 0 heterocycles. The molecule has 0 spiro atoms. The van der Waals surface area contributed by atoms with E-state index in [1.54, 1.807) is 0 Å². The molecule has 1 aliphatic carbocycles. The van der Waals surface area contributed by atoms with Gasteiger partial charge in [0.2, 0.25) is 10.0 Å². The summed E-state index contributed by atoms with van der Waals surface area (Å²) in [5, 5.41) is 9.05. The van der Waals surface area contributed by atoms with Crippen molar-refractivity contribution in [2.75, 3.05) is 13.3 Å². The second-order valence-corrected chi connectivity index (χ2v) is 7.24. The average molecular weight is 345 g/mol. The van der Waals surface area contributed by atoms with Crippen LogP contribution in [0.25, 0.3) is 0 Å². The Labute approximate surface area is 134 Å². The number of alkyl halides is 1. The standard InChI is InChI=1S/C15H20FNO5S/c16-8-9-22-13-4-6-14(7-5-13)23(20,21)17-12-3-1-2-11(10-12)15(18)19/h4-7,11-12,17H,1-3,8-10H2,(H,18,19)/t11-,12+/m1/s1. The lowest BCUT2D eigenvalue weighted by Crippen LogP contribution is -2.39. The van der Waals surface area contributed by atoms with E-state index < -0.39 is 28.6 Å². The molecule has 0 aliphatic heterocycles. The van der Waals surface area contributed by atoms with Crippen LogP contribution in [0.2, 0.25) is 0 Å². The summed E-state index contributed by atoms with van der Waals surface area (Å²) >= 11 is 0. The average Bonchev–Trinajstić information content (AvgIpc) is 2.53. The first-order valence-electron chi connectivity index (χ1n) is 7.46. The summed E-state index contributed by atoms with van der Waals surface area (Å²) in [7, 11) is -3.72. The van der Waals surface area contributed by atoms with Crippen molar-refractivity contribution in [2.45, 2.75) is 36.6 Å². The molecule has 0 radical (unpaired) electrons. The normalized spacial score (nSPS) is 21.8. The topological polar surface area (TPSA) is 92.7 Å². The first-order valence-corrected chi connectivity index (χ1v) is 8.94. The molecule has 0 unspecified atom stereocenters. The molecule has 8 heteroatoms. The fourth-order valence-corrected chi connectivity index (χ4v) is 3.96.